The summed E-state index contributed by atoms with van der Waals surface area (Å²) < 4.78 is 1.93. The van der Waals surface area contributed by atoms with Gasteiger partial charge in [-0.1, -0.05) is 6.07 Å². The smallest absolute Gasteiger partial charge is 0.319 e. The number of hydrogen-bond acceptors (Lipinski definition) is 4. The average molecular weight is 378 g/mol. The molecule has 3 heterocycles. The summed E-state index contributed by atoms with van der Waals surface area (Å²) in [5.74, 6) is 0.350. The van der Waals surface area contributed by atoms with Crippen LogP contribution >= 0.6 is 0 Å². The molecule has 1 aromatic carbocycles. The van der Waals surface area contributed by atoms with Gasteiger partial charge in [0.15, 0.2) is 0 Å². The fraction of sp³-hybridized carbons (Fsp3) is 0.381. The second-order valence-corrected chi connectivity index (χ2v) is 7.48. The van der Waals surface area contributed by atoms with Crippen LogP contribution in [0.5, 0.6) is 0 Å². The molecule has 1 aliphatic rings. The van der Waals surface area contributed by atoms with Crippen molar-refractivity contribution in [3.63, 3.8) is 0 Å². The number of hydrogen-bond donors (Lipinski definition) is 2. The minimum absolute atomic E-state index is 0.176. The third-order valence-electron chi connectivity index (χ3n) is 5.59. The van der Waals surface area contributed by atoms with E-state index in [-0.39, 0.29) is 12.1 Å². The van der Waals surface area contributed by atoms with Crippen LogP contribution in [-0.2, 0) is 7.05 Å². The van der Waals surface area contributed by atoms with Crippen molar-refractivity contribution < 1.29 is 4.79 Å². The zero-order chi connectivity index (χ0) is 19.5. The van der Waals surface area contributed by atoms with E-state index in [1.54, 1.807) is 6.20 Å². The fourth-order valence-electron chi connectivity index (χ4n) is 4.18. The van der Waals surface area contributed by atoms with Crippen molar-refractivity contribution in [2.75, 3.05) is 25.5 Å². The summed E-state index contributed by atoms with van der Waals surface area (Å²) in [7, 11) is 4.12. The molecule has 2 aromatic heterocycles. The molecule has 4 rings (SSSR count). The highest BCUT2D eigenvalue weighted by atomic mass is 16.2. The van der Waals surface area contributed by atoms with Crippen LogP contribution in [0.2, 0.25) is 0 Å². The van der Waals surface area contributed by atoms with E-state index in [9.17, 15) is 4.79 Å². The van der Waals surface area contributed by atoms with Crippen LogP contribution in [0.4, 0.5) is 10.5 Å². The molecule has 1 aliphatic heterocycles. The van der Waals surface area contributed by atoms with Gasteiger partial charge in [0.05, 0.1) is 11.7 Å². The normalized spacial score (nSPS) is 20.2. The number of nitrogens with one attached hydrogen (secondary N) is 2. The van der Waals surface area contributed by atoms with Crippen LogP contribution in [0.1, 0.15) is 24.6 Å². The average Bonchev–Trinajstić information content (AvgIpc) is 3.12. The SMILES string of the molecule is CN1CCC[C@@H](CNC(=O)Nc2ccc3cnccc3c2)[C@@H]1c1ccnn1C. The van der Waals surface area contributed by atoms with Gasteiger partial charge >= 0.3 is 6.03 Å². The third-order valence-corrected chi connectivity index (χ3v) is 5.59. The minimum Gasteiger partial charge on any atom is -0.338 e. The summed E-state index contributed by atoms with van der Waals surface area (Å²) in [6, 6.07) is 9.92. The minimum atomic E-state index is -0.176. The number of rotatable bonds is 4. The van der Waals surface area contributed by atoms with Crippen molar-refractivity contribution in [2.24, 2.45) is 13.0 Å². The Bertz CT molecular complexity index is 968. The molecular weight excluding hydrogens is 352 g/mol. The number of amides is 2. The van der Waals surface area contributed by atoms with Gasteiger partial charge in [-0.15, -0.1) is 0 Å². The molecule has 7 heteroatoms. The van der Waals surface area contributed by atoms with Crippen LogP contribution < -0.4 is 10.6 Å². The van der Waals surface area contributed by atoms with E-state index in [1.807, 2.05) is 48.4 Å². The molecule has 7 nitrogen and oxygen atoms in total. The predicted molar refractivity (Wildman–Crippen MR) is 110 cm³/mol. The number of carbonyl (C=O) groups excluding carboxylic acids is 1. The van der Waals surface area contributed by atoms with E-state index in [1.165, 1.54) is 5.69 Å². The number of carbonyl (C=O) groups is 1. The van der Waals surface area contributed by atoms with E-state index >= 15 is 0 Å². The molecular formula is C21H26N6O. The van der Waals surface area contributed by atoms with Gasteiger partial charge in [-0.25, -0.2) is 4.79 Å². The first-order chi connectivity index (χ1) is 13.6. The quantitative estimate of drug-likeness (QED) is 0.731. The molecule has 0 saturated carbocycles. The topological polar surface area (TPSA) is 75.1 Å². The van der Waals surface area contributed by atoms with Crippen LogP contribution in [0.15, 0.2) is 48.9 Å². The lowest BCUT2D eigenvalue weighted by molar-refractivity contribution is 0.114. The highest BCUT2D eigenvalue weighted by Gasteiger charge is 2.32. The summed E-state index contributed by atoms with van der Waals surface area (Å²) in [6.07, 6.45) is 7.63. The van der Waals surface area contributed by atoms with Crippen molar-refractivity contribution in [3.05, 3.63) is 54.6 Å². The Kier molecular flexibility index (Phi) is 5.25. The maximum Gasteiger partial charge on any atom is 0.319 e. The van der Waals surface area contributed by atoms with Gasteiger partial charge in [0.1, 0.15) is 0 Å². The lowest BCUT2D eigenvalue weighted by Gasteiger charge is -2.39. The summed E-state index contributed by atoms with van der Waals surface area (Å²) in [6.45, 7) is 1.69. The van der Waals surface area contributed by atoms with Crippen molar-refractivity contribution in [2.45, 2.75) is 18.9 Å². The van der Waals surface area contributed by atoms with E-state index < -0.39 is 0 Å². The lowest BCUT2D eigenvalue weighted by atomic mass is 9.87. The first-order valence-electron chi connectivity index (χ1n) is 9.68. The zero-order valence-corrected chi connectivity index (χ0v) is 16.3. The summed E-state index contributed by atoms with van der Waals surface area (Å²) in [5, 5.41) is 12.4. The Balaban J connectivity index is 1.40. The van der Waals surface area contributed by atoms with E-state index in [0.717, 1.165) is 35.8 Å². The molecule has 2 N–H and O–H groups in total. The number of urea groups is 1. The molecule has 2 atom stereocenters. The molecule has 2 amide bonds. The molecule has 0 spiro atoms. The Morgan fingerprint density at radius 2 is 2.07 bits per heavy atom. The highest BCUT2D eigenvalue weighted by molar-refractivity contribution is 5.93. The van der Waals surface area contributed by atoms with Gasteiger partial charge in [-0.05, 0) is 62.0 Å². The van der Waals surface area contributed by atoms with Gasteiger partial charge in [-0.3, -0.25) is 14.6 Å². The Morgan fingerprint density at radius 1 is 1.18 bits per heavy atom. The van der Waals surface area contributed by atoms with E-state index in [2.05, 4.69) is 38.7 Å². The number of piperidine rings is 1. The first kappa shape index (κ1) is 18.4. The molecule has 0 radical (unpaired) electrons. The number of aryl methyl sites for hydroxylation is 1. The van der Waals surface area contributed by atoms with Crippen molar-refractivity contribution in [3.8, 4) is 0 Å². The molecule has 0 unspecified atom stereocenters. The van der Waals surface area contributed by atoms with Crippen molar-refractivity contribution in [1.29, 1.82) is 0 Å². The van der Waals surface area contributed by atoms with Crippen LogP contribution in [0.25, 0.3) is 10.8 Å². The number of fused-ring (bicyclic) bond motifs is 1. The van der Waals surface area contributed by atoms with Gasteiger partial charge < -0.3 is 10.6 Å². The molecule has 0 bridgehead atoms. The zero-order valence-electron chi connectivity index (χ0n) is 16.3. The molecule has 1 fully saturated rings. The van der Waals surface area contributed by atoms with Crippen molar-refractivity contribution in [1.82, 2.24) is 25.0 Å². The van der Waals surface area contributed by atoms with Gasteiger partial charge in [-0.2, -0.15) is 5.10 Å². The molecule has 146 valence electrons. The molecule has 3 aromatic rings. The molecule has 1 saturated heterocycles. The van der Waals surface area contributed by atoms with E-state index in [0.29, 0.717) is 12.5 Å². The van der Waals surface area contributed by atoms with Crippen molar-refractivity contribution >= 4 is 22.5 Å². The van der Waals surface area contributed by atoms with Crippen LogP contribution in [0, 0.1) is 5.92 Å². The van der Waals surface area contributed by atoms with Crippen LogP contribution in [-0.4, -0.2) is 45.8 Å². The second-order valence-electron chi connectivity index (χ2n) is 7.48. The highest BCUT2D eigenvalue weighted by Crippen LogP contribution is 2.34. The van der Waals surface area contributed by atoms with Gasteiger partial charge in [0.25, 0.3) is 0 Å². The summed E-state index contributed by atoms with van der Waals surface area (Å²) in [4.78, 5) is 18.9. The van der Waals surface area contributed by atoms with Gasteiger partial charge in [0, 0.05) is 43.3 Å². The molecule has 0 aliphatic carbocycles. The Morgan fingerprint density at radius 3 is 2.89 bits per heavy atom. The monoisotopic (exact) mass is 378 g/mol. The Labute approximate surface area is 164 Å². The van der Waals surface area contributed by atoms with Gasteiger partial charge in [0.2, 0.25) is 0 Å². The van der Waals surface area contributed by atoms with E-state index in [4.69, 9.17) is 0 Å². The molecule has 28 heavy (non-hydrogen) atoms. The number of likely N-dealkylation sites (tertiary alicyclic amines) is 1. The third kappa shape index (κ3) is 3.84. The maximum atomic E-state index is 12.5. The lowest BCUT2D eigenvalue weighted by Crippen LogP contribution is -2.43. The predicted octanol–water partition coefficient (Wildman–Crippen LogP) is 3.17. The number of anilines is 1. The largest absolute Gasteiger partial charge is 0.338 e. The number of aromatic nitrogens is 3. The summed E-state index contributed by atoms with van der Waals surface area (Å²) in [5.41, 5.74) is 1.97. The Hall–Kier alpha value is -2.93. The number of pyridine rings is 1. The first-order valence-corrected chi connectivity index (χ1v) is 9.68. The summed E-state index contributed by atoms with van der Waals surface area (Å²) >= 11 is 0. The van der Waals surface area contributed by atoms with Crippen LogP contribution in [0.3, 0.4) is 0 Å². The second kappa shape index (κ2) is 7.98. The fourth-order valence-corrected chi connectivity index (χ4v) is 4.18. The number of benzene rings is 1. The maximum absolute atomic E-state index is 12.5. The standard InChI is InChI=1S/C21H26N6O/c1-26-11-3-4-17(20(26)19-8-10-24-27(19)2)14-23-21(28)25-18-6-5-16-13-22-9-7-15(16)12-18/h5-10,12-13,17,20H,3-4,11,14H2,1-2H3,(H2,23,25,28)/t17-,20+/m0/s1. The number of nitrogens with zero attached hydrogens (tertiary/aromatic N) is 4.